The molecular formula is C18H21BrN2O. The molecule has 2 heterocycles. The third-order valence-electron chi connectivity index (χ3n) is 4.42. The molecule has 3 rings (SSSR count). The first-order chi connectivity index (χ1) is 10.8. The third kappa shape index (κ3) is 3.75. The highest BCUT2D eigenvalue weighted by Gasteiger charge is 2.33. The summed E-state index contributed by atoms with van der Waals surface area (Å²) in [6, 6.07) is 12.8. The van der Waals surface area contributed by atoms with Crippen molar-refractivity contribution in [1.82, 2.24) is 10.3 Å². The van der Waals surface area contributed by atoms with Crippen LogP contribution in [0.25, 0.3) is 0 Å². The van der Waals surface area contributed by atoms with E-state index >= 15 is 0 Å². The van der Waals surface area contributed by atoms with E-state index in [1.54, 1.807) is 0 Å². The van der Waals surface area contributed by atoms with Crippen LogP contribution in [0.5, 0.6) is 0 Å². The molecule has 1 aromatic heterocycles. The zero-order valence-corrected chi connectivity index (χ0v) is 14.2. The summed E-state index contributed by atoms with van der Waals surface area (Å²) in [4.78, 5) is 4.17. The first kappa shape index (κ1) is 15.7. The number of aromatic nitrogens is 1. The highest BCUT2D eigenvalue weighted by atomic mass is 79.9. The number of rotatable bonds is 5. The van der Waals surface area contributed by atoms with E-state index in [-0.39, 0.29) is 5.41 Å². The van der Waals surface area contributed by atoms with Crippen molar-refractivity contribution in [2.75, 3.05) is 19.8 Å². The van der Waals surface area contributed by atoms with Crippen LogP contribution in [0, 0.1) is 0 Å². The average Bonchev–Trinajstić information content (AvgIpc) is 2.57. The Balaban J connectivity index is 1.70. The van der Waals surface area contributed by atoms with Gasteiger partial charge in [0, 0.05) is 48.6 Å². The van der Waals surface area contributed by atoms with E-state index in [2.05, 4.69) is 56.6 Å². The molecule has 1 fully saturated rings. The smallest absolute Gasteiger partial charge is 0.0475 e. The van der Waals surface area contributed by atoms with Crippen LogP contribution in [0.3, 0.4) is 0 Å². The van der Waals surface area contributed by atoms with Gasteiger partial charge < -0.3 is 10.1 Å². The first-order valence-corrected chi connectivity index (χ1v) is 8.51. The van der Waals surface area contributed by atoms with Crippen molar-refractivity contribution in [2.24, 2.45) is 0 Å². The Morgan fingerprint density at radius 2 is 1.91 bits per heavy atom. The van der Waals surface area contributed by atoms with Gasteiger partial charge >= 0.3 is 0 Å². The van der Waals surface area contributed by atoms with Crippen molar-refractivity contribution in [3.8, 4) is 0 Å². The normalized spacial score (nSPS) is 17.3. The Labute approximate surface area is 140 Å². The van der Waals surface area contributed by atoms with Crippen molar-refractivity contribution in [2.45, 2.75) is 24.8 Å². The van der Waals surface area contributed by atoms with Gasteiger partial charge in [0.2, 0.25) is 0 Å². The summed E-state index contributed by atoms with van der Waals surface area (Å²) >= 11 is 3.52. The molecule has 0 saturated carbocycles. The molecule has 1 aliphatic heterocycles. The molecule has 0 aliphatic carbocycles. The molecule has 0 atom stereocenters. The molecule has 0 amide bonds. The first-order valence-electron chi connectivity index (χ1n) is 7.72. The molecule has 1 aromatic carbocycles. The number of nitrogens with zero attached hydrogens (tertiary/aromatic N) is 1. The van der Waals surface area contributed by atoms with Crippen LogP contribution >= 0.6 is 15.9 Å². The van der Waals surface area contributed by atoms with Gasteiger partial charge in [-0.1, -0.05) is 34.1 Å². The number of hydrogen-bond acceptors (Lipinski definition) is 3. The van der Waals surface area contributed by atoms with E-state index in [4.69, 9.17) is 4.74 Å². The number of benzene rings is 1. The van der Waals surface area contributed by atoms with Crippen LogP contribution in [0.4, 0.5) is 0 Å². The Hall–Kier alpha value is -1.23. The van der Waals surface area contributed by atoms with Gasteiger partial charge in [-0.25, -0.2) is 0 Å². The van der Waals surface area contributed by atoms with Crippen LogP contribution in [-0.2, 0) is 16.7 Å². The molecule has 4 heteroatoms. The van der Waals surface area contributed by atoms with E-state index in [1.807, 2.05) is 18.5 Å². The lowest BCUT2D eigenvalue weighted by molar-refractivity contribution is 0.0498. The van der Waals surface area contributed by atoms with E-state index in [1.165, 1.54) is 11.1 Å². The molecule has 1 aliphatic rings. The molecule has 0 bridgehead atoms. The van der Waals surface area contributed by atoms with Gasteiger partial charge in [-0.15, -0.1) is 0 Å². The minimum Gasteiger partial charge on any atom is -0.381 e. The molecule has 3 nitrogen and oxygen atoms in total. The molecule has 1 N–H and O–H groups in total. The average molecular weight is 361 g/mol. The third-order valence-corrected chi connectivity index (χ3v) is 4.95. The van der Waals surface area contributed by atoms with Gasteiger partial charge in [-0.3, -0.25) is 4.98 Å². The fourth-order valence-electron chi connectivity index (χ4n) is 3.08. The number of hydrogen-bond donors (Lipinski definition) is 1. The maximum Gasteiger partial charge on any atom is 0.0475 e. The fourth-order valence-corrected chi connectivity index (χ4v) is 3.35. The lowest BCUT2D eigenvalue weighted by atomic mass is 9.74. The van der Waals surface area contributed by atoms with E-state index < -0.39 is 0 Å². The second-order valence-electron chi connectivity index (χ2n) is 5.86. The molecule has 22 heavy (non-hydrogen) atoms. The summed E-state index contributed by atoms with van der Waals surface area (Å²) in [5, 5.41) is 3.62. The van der Waals surface area contributed by atoms with Crippen molar-refractivity contribution in [1.29, 1.82) is 0 Å². The summed E-state index contributed by atoms with van der Waals surface area (Å²) in [5.74, 6) is 0. The van der Waals surface area contributed by atoms with Crippen LogP contribution in [0.2, 0.25) is 0 Å². The lowest BCUT2D eigenvalue weighted by Gasteiger charge is -2.38. The minimum atomic E-state index is 0.168. The summed E-state index contributed by atoms with van der Waals surface area (Å²) in [6.07, 6.45) is 5.86. The van der Waals surface area contributed by atoms with Gasteiger partial charge in [0.1, 0.15) is 0 Å². The summed E-state index contributed by atoms with van der Waals surface area (Å²) < 4.78 is 6.71. The maximum atomic E-state index is 5.59. The second kappa shape index (κ2) is 7.36. The predicted molar refractivity (Wildman–Crippen MR) is 91.8 cm³/mol. The van der Waals surface area contributed by atoms with Crippen LogP contribution < -0.4 is 5.32 Å². The number of ether oxygens (including phenoxy) is 1. The fraction of sp³-hybridized carbons (Fsp3) is 0.389. The minimum absolute atomic E-state index is 0.168. The van der Waals surface area contributed by atoms with Crippen LogP contribution in [0.1, 0.15) is 24.0 Å². The van der Waals surface area contributed by atoms with Crippen molar-refractivity contribution in [3.63, 3.8) is 0 Å². The maximum absolute atomic E-state index is 5.59. The molecule has 2 aromatic rings. The molecular weight excluding hydrogens is 340 g/mol. The highest BCUT2D eigenvalue weighted by molar-refractivity contribution is 9.10. The Kier molecular flexibility index (Phi) is 5.24. The highest BCUT2D eigenvalue weighted by Crippen LogP contribution is 2.35. The van der Waals surface area contributed by atoms with E-state index in [9.17, 15) is 0 Å². The quantitative estimate of drug-likeness (QED) is 0.882. The van der Waals surface area contributed by atoms with E-state index in [0.29, 0.717) is 0 Å². The Morgan fingerprint density at radius 1 is 1.14 bits per heavy atom. The Morgan fingerprint density at radius 3 is 2.59 bits per heavy atom. The van der Waals surface area contributed by atoms with Crippen molar-refractivity contribution < 1.29 is 4.74 Å². The molecule has 0 unspecified atom stereocenters. The standard InChI is InChI=1S/C18H21BrN2O/c19-17-5-3-16(4-6-17)18(7-10-22-11-8-18)14-21-13-15-2-1-9-20-12-15/h1-6,9,12,21H,7-8,10-11,13-14H2. The second-order valence-corrected chi connectivity index (χ2v) is 6.78. The van der Waals surface area contributed by atoms with Gasteiger partial charge in [0.15, 0.2) is 0 Å². The Bertz CT molecular complexity index is 580. The number of pyridine rings is 1. The van der Waals surface area contributed by atoms with Crippen LogP contribution in [0.15, 0.2) is 53.3 Å². The summed E-state index contributed by atoms with van der Waals surface area (Å²) in [7, 11) is 0. The summed E-state index contributed by atoms with van der Waals surface area (Å²) in [5.41, 5.74) is 2.79. The molecule has 116 valence electrons. The lowest BCUT2D eigenvalue weighted by Crippen LogP contribution is -2.42. The van der Waals surface area contributed by atoms with Gasteiger partial charge in [-0.2, -0.15) is 0 Å². The zero-order valence-electron chi connectivity index (χ0n) is 12.6. The summed E-state index contributed by atoms with van der Waals surface area (Å²) in [6.45, 7) is 3.50. The van der Waals surface area contributed by atoms with E-state index in [0.717, 1.165) is 43.6 Å². The van der Waals surface area contributed by atoms with Crippen molar-refractivity contribution >= 4 is 15.9 Å². The van der Waals surface area contributed by atoms with Crippen LogP contribution in [-0.4, -0.2) is 24.7 Å². The number of halogens is 1. The van der Waals surface area contributed by atoms with Gasteiger partial charge in [-0.05, 0) is 42.2 Å². The monoisotopic (exact) mass is 360 g/mol. The zero-order chi connectivity index (χ0) is 15.3. The molecule has 0 radical (unpaired) electrons. The van der Waals surface area contributed by atoms with Gasteiger partial charge in [0.05, 0.1) is 0 Å². The van der Waals surface area contributed by atoms with Gasteiger partial charge in [0.25, 0.3) is 0 Å². The molecule has 0 spiro atoms. The predicted octanol–water partition coefficient (Wildman–Crippen LogP) is 3.68. The topological polar surface area (TPSA) is 34.2 Å². The molecule has 1 saturated heterocycles. The van der Waals surface area contributed by atoms with Crippen molar-refractivity contribution in [3.05, 3.63) is 64.4 Å². The number of nitrogens with one attached hydrogen (secondary N) is 1. The largest absolute Gasteiger partial charge is 0.381 e. The SMILES string of the molecule is Brc1ccc(C2(CNCc3cccnc3)CCOCC2)cc1.